The van der Waals surface area contributed by atoms with E-state index in [0.717, 1.165) is 0 Å². The van der Waals surface area contributed by atoms with Crippen molar-refractivity contribution in [3.63, 3.8) is 0 Å². The van der Waals surface area contributed by atoms with Crippen LogP contribution >= 0.6 is 11.6 Å². The molecule has 0 radical (unpaired) electrons. The zero-order chi connectivity index (χ0) is 11.5. The number of halogens is 1. The molecule has 1 aromatic heterocycles. The van der Waals surface area contributed by atoms with Crippen LogP contribution in [0.4, 0.5) is 0 Å². The highest BCUT2D eigenvalue weighted by atomic mass is 35.5. The predicted octanol–water partition coefficient (Wildman–Crippen LogP) is 1.24. The van der Waals surface area contributed by atoms with Crippen LogP contribution < -0.4 is 5.32 Å². The molecular formula is C10H13ClN2O2. The van der Waals surface area contributed by atoms with Crippen LogP contribution in [0.1, 0.15) is 24.3 Å². The average Bonchev–Trinajstić information content (AvgIpc) is 2.13. The molecule has 1 amide bonds. The molecule has 0 aliphatic carbocycles. The van der Waals surface area contributed by atoms with Crippen molar-refractivity contribution in [1.82, 2.24) is 10.3 Å². The standard InChI is InChI=1S/C10H13ClN2O2/c1-10(2,15)6-12-9(14)7-4-3-5-8(11)13-7/h3-5,15H,6H2,1-2H3,(H,12,14). The maximum Gasteiger partial charge on any atom is 0.270 e. The Morgan fingerprint density at radius 3 is 2.80 bits per heavy atom. The second-order valence-corrected chi connectivity index (χ2v) is 4.23. The number of aromatic nitrogens is 1. The van der Waals surface area contributed by atoms with Crippen LogP contribution in [0.25, 0.3) is 0 Å². The number of pyridine rings is 1. The third-order valence-corrected chi connectivity index (χ3v) is 1.84. The summed E-state index contributed by atoms with van der Waals surface area (Å²) in [6.45, 7) is 3.39. The zero-order valence-electron chi connectivity index (χ0n) is 8.62. The number of nitrogens with zero attached hydrogens (tertiary/aromatic N) is 1. The monoisotopic (exact) mass is 228 g/mol. The minimum absolute atomic E-state index is 0.167. The van der Waals surface area contributed by atoms with Gasteiger partial charge < -0.3 is 10.4 Å². The first-order valence-electron chi connectivity index (χ1n) is 4.52. The van der Waals surface area contributed by atoms with E-state index in [0.29, 0.717) is 0 Å². The van der Waals surface area contributed by atoms with Crippen LogP contribution in [0.15, 0.2) is 18.2 Å². The molecule has 1 heterocycles. The van der Waals surface area contributed by atoms with Crippen molar-refractivity contribution in [2.75, 3.05) is 6.54 Å². The number of nitrogens with one attached hydrogen (secondary N) is 1. The number of carbonyl (C=O) groups is 1. The van der Waals surface area contributed by atoms with Gasteiger partial charge in [0.15, 0.2) is 0 Å². The van der Waals surface area contributed by atoms with Gasteiger partial charge in [-0.3, -0.25) is 4.79 Å². The lowest BCUT2D eigenvalue weighted by atomic mass is 10.1. The molecule has 0 saturated carbocycles. The fraction of sp³-hybridized carbons (Fsp3) is 0.400. The molecule has 0 bridgehead atoms. The highest BCUT2D eigenvalue weighted by Gasteiger charge is 2.15. The number of carbonyl (C=O) groups excluding carboxylic acids is 1. The van der Waals surface area contributed by atoms with Crippen molar-refractivity contribution >= 4 is 17.5 Å². The van der Waals surface area contributed by atoms with E-state index in [2.05, 4.69) is 10.3 Å². The van der Waals surface area contributed by atoms with Gasteiger partial charge in [-0.1, -0.05) is 17.7 Å². The first kappa shape index (κ1) is 11.9. The molecule has 0 aliphatic heterocycles. The quantitative estimate of drug-likeness (QED) is 0.766. The van der Waals surface area contributed by atoms with Gasteiger partial charge in [0.2, 0.25) is 0 Å². The van der Waals surface area contributed by atoms with Crippen LogP contribution in [0.3, 0.4) is 0 Å². The number of aliphatic hydroxyl groups is 1. The number of rotatable bonds is 3. The van der Waals surface area contributed by atoms with Gasteiger partial charge in [0.05, 0.1) is 5.60 Å². The molecule has 0 fully saturated rings. The summed E-state index contributed by atoms with van der Waals surface area (Å²) >= 11 is 5.64. The predicted molar refractivity (Wildman–Crippen MR) is 57.9 cm³/mol. The molecule has 1 aromatic rings. The lowest BCUT2D eigenvalue weighted by molar-refractivity contribution is 0.0692. The molecule has 0 aromatic carbocycles. The van der Waals surface area contributed by atoms with E-state index in [9.17, 15) is 9.90 Å². The average molecular weight is 229 g/mol. The summed E-state index contributed by atoms with van der Waals surface area (Å²) < 4.78 is 0. The zero-order valence-corrected chi connectivity index (χ0v) is 9.38. The van der Waals surface area contributed by atoms with E-state index in [1.54, 1.807) is 32.0 Å². The molecule has 0 atom stereocenters. The smallest absolute Gasteiger partial charge is 0.270 e. The van der Waals surface area contributed by atoms with Gasteiger partial charge >= 0.3 is 0 Å². The van der Waals surface area contributed by atoms with Crippen LogP contribution in [0.2, 0.25) is 5.15 Å². The van der Waals surface area contributed by atoms with E-state index < -0.39 is 5.60 Å². The first-order chi connectivity index (χ1) is 6.88. The molecule has 5 heteroatoms. The third kappa shape index (κ3) is 4.27. The molecule has 0 unspecified atom stereocenters. The van der Waals surface area contributed by atoms with Crippen LogP contribution in [-0.4, -0.2) is 28.1 Å². The molecule has 15 heavy (non-hydrogen) atoms. The molecule has 0 saturated heterocycles. The van der Waals surface area contributed by atoms with Gasteiger partial charge in [-0.2, -0.15) is 0 Å². The topological polar surface area (TPSA) is 62.2 Å². The first-order valence-corrected chi connectivity index (χ1v) is 4.89. The SMILES string of the molecule is CC(C)(O)CNC(=O)c1cccc(Cl)n1. The lowest BCUT2D eigenvalue weighted by Gasteiger charge is -2.17. The second kappa shape index (κ2) is 4.59. The van der Waals surface area contributed by atoms with E-state index in [1.807, 2.05) is 0 Å². The van der Waals surface area contributed by atoms with Crippen molar-refractivity contribution < 1.29 is 9.90 Å². The Balaban J connectivity index is 2.62. The van der Waals surface area contributed by atoms with E-state index in [1.165, 1.54) is 0 Å². The summed E-state index contributed by atoms with van der Waals surface area (Å²) in [6, 6.07) is 4.80. The number of hydrogen-bond donors (Lipinski definition) is 2. The summed E-state index contributed by atoms with van der Waals surface area (Å²) in [5.74, 6) is -0.348. The van der Waals surface area contributed by atoms with Gasteiger partial charge in [-0.25, -0.2) is 4.98 Å². The Morgan fingerprint density at radius 1 is 1.60 bits per heavy atom. The Morgan fingerprint density at radius 2 is 2.27 bits per heavy atom. The maximum absolute atomic E-state index is 11.5. The molecule has 1 rings (SSSR count). The summed E-state index contributed by atoms with van der Waals surface area (Å²) in [5, 5.41) is 12.2. The molecule has 4 nitrogen and oxygen atoms in total. The minimum Gasteiger partial charge on any atom is -0.389 e. The molecule has 0 aliphatic rings. The maximum atomic E-state index is 11.5. The third-order valence-electron chi connectivity index (χ3n) is 1.63. The molecular weight excluding hydrogens is 216 g/mol. The number of amides is 1. The molecule has 82 valence electrons. The van der Waals surface area contributed by atoms with E-state index in [4.69, 9.17) is 11.6 Å². The molecule has 2 N–H and O–H groups in total. The Bertz CT molecular complexity index is 361. The van der Waals surface area contributed by atoms with Crippen LogP contribution in [0.5, 0.6) is 0 Å². The second-order valence-electron chi connectivity index (χ2n) is 3.84. The van der Waals surface area contributed by atoms with Gasteiger partial charge in [0, 0.05) is 6.54 Å². The van der Waals surface area contributed by atoms with Crippen molar-refractivity contribution in [2.24, 2.45) is 0 Å². The largest absolute Gasteiger partial charge is 0.389 e. The van der Waals surface area contributed by atoms with Crippen molar-refractivity contribution in [3.05, 3.63) is 29.0 Å². The summed E-state index contributed by atoms with van der Waals surface area (Å²) in [4.78, 5) is 15.3. The van der Waals surface area contributed by atoms with Gasteiger partial charge in [-0.05, 0) is 26.0 Å². The van der Waals surface area contributed by atoms with Gasteiger partial charge in [0.1, 0.15) is 10.8 Å². The molecule has 0 spiro atoms. The van der Waals surface area contributed by atoms with E-state index in [-0.39, 0.29) is 23.3 Å². The van der Waals surface area contributed by atoms with Gasteiger partial charge in [0.25, 0.3) is 5.91 Å². The van der Waals surface area contributed by atoms with E-state index >= 15 is 0 Å². The van der Waals surface area contributed by atoms with Crippen molar-refractivity contribution in [1.29, 1.82) is 0 Å². The Hall–Kier alpha value is -1.13. The minimum atomic E-state index is -0.936. The Labute approximate surface area is 93.3 Å². The van der Waals surface area contributed by atoms with Crippen molar-refractivity contribution in [2.45, 2.75) is 19.4 Å². The summed E-state index contributed by atoms with van der Waals surface area (Å²) in [6.07, 6.45) is 0. The fourth-order valence-electron chi connectivity index (χ4n) is 0.922. The highest BCUT2D eigenvalue weighted by Crippen LogP contribution is 2.05. The normalized spacial score (nSPS) is 11.2. The van der Waals surface area contributed by atoms with Crippen LogP contribution in [-0.2, 0) is 0 Å². The lowest BCUT2D eigenvalue weighted by Crippen LogP contribution is -2.38. The van der Waals surface area contributed by atoms with Gasteiger partial charge in [-0.15, -0.1) is 0 Å². The fourth-order valence-corrected chi connectivity index (χ4v) is 1.09. The van der Waals surface area contributed by atoms with Crippen LogP contribution in [0, 0.1) is 0 Å². The highest BCUT2D eigenvalue weighted by molar-refractivity contribution is 6.29. The van der Waals surface area contributed by atoms with Crippen molar-refractivity contribution in [3.8, 4) is 0 Å². The number of hydrogen-bond acceptors (Lipinski definition) is 3. The summed E-state index contributed by atoms with van der Waals surface area (Å²) in [7, 11) is 0. The Kier molecular flexibility index (Phi) is 3.66. The summed E-state index contributed by atoms with van der Waals surface area (Å²) in [5.41, 5.74) is -0.694.